The molecule has 3 heteroatoms. The van der Waals surface area contributed by atoms with Gasteiger partial charge in [-0.25, -0.2) is 4.79 Å². The lowest BCUT2D eigenvalue weighted by Crippen LogP contribution is -2.04. The van der Waals surface area contributed by atoms with Gasteiger partial charge in [0.1, 0.15) is 11.5 Å². The summed E-state index contributed by atoms with van der Waals surface area (Å²) in [6.07, 6.45) is 0. The molecular weight excluding hydrogens is 220 g/mol. The molecule has 2 nitrogen and oxygen atoms in total. The molecule has 0 saturated carbocycles. The molecule has 0 unspecified atom stereocenters. The molecule has 0 aliphatic heterocycles. The fourth-order valence-corrected chi connectivity index (χ4v) is 2.19. The number of carbonyl (C=O) groups excluding carboxylic acids is 1. The number of esters is 1. The van der Waals surface area contributed by atoms with Gasteiger partial charge in [0.15, 0.2) is 0 Å². The number of carbonyl (C=O) groups is 1. The van der Waals surface area contributed by atoms with Crippen molar-refractivity contribution >= 4 is 17.3 Å². The number of hydrogen-bond donors (Lipinski definition) is 0. The Balaban J connectivity index is 1.97. The Morgan fingerprint density at radius 1 is 1.25 bits per heavy atom. The van der Waals surface area contributed by atoms with Crippen LogP contribution in [0.2, 0.25) is 0 Å². The molecule has 82 valence electrons. The fraction of sp³-hybridized carbons (Fsp3) is 0.154. The number of benzene rings is 1. The molecule has 0 amide bonds. The van der Waals surface area contributed by atoms with Crippen LogP contribution < -0.4 is 0 Å². The van der Waals surface area contributed by atoms with E-state index in [0.717, 1.165) is 11.1 Å². The minimum atomic E-state index is -0.239. The summed E-state index contributed by atoms with van der Waals surface area (Å²) in [6.45, 7) is 2.24. The van der Waals surface area contributed by atoms with Gasteiger partial charge in [0.05, 0.1) is 0 Å². The van der Waals surface area contributed by atoms with Gasteiger partial charge in [0, 0.05) is 0 Å². The molecule has 2 aromatic rings. The molecule has 0 N–H and O–H groups in total. The van der Waals surface area contributed by atoms with Crippen molar-refractivity contribution in [3.8, 4) is 0 Å². The molecule has 2 rings (SSSR count). The van der Waals surface area contributed by atoms with Crippen molar-refractivity contribution in [1.29, 1.82) is 0 Å². The maximum atomic E-state index is 11.7. The highest BCUT2D eigenvalue weighted by Gasteiger charge is 2.11. The second-order valence-electron chi connectivity index (χ2n) is 3.49. The molecule has 0 fully saturated rings. The molecule has 0 aliphatic carbocycles. The second kappa shape index (κ2) is 4.94. The van der Waals surface area contributed by atoms with E-state index in [2.05, 4.69) is 0 Å². The van der Waals surface area contributed by atoms with Crippen LogP contribution in [0.4, 0.5) is 0 Å². The van der Waals surface area contributed by atoms with Gasteiger partial charge in [-0.05, 0) is 29.5 Å². The van der Waals surface area contributed by atoms with Crippen LogP contribution in [0.3, 0.4) is 0 Å². The van der Waals surface area contributed by atoms with Crippen molar-refractivity contribution < 1.29 is 9.53 Å². The van der Waals surface area contributed by atoms with Crippen LogP contribution in [-0.4, -0.2) is 5.97 Å². The maximum absolute atomic E-state index is 11.7. The summed E-state index contributed by atoms with van der Waals surface area (Å²) in [5, 5.41) is 1.90. The van der Waals surface area contributed by atoms with E-state index in [4.69, 9.17) is 4.74 Å². The Morgan fingerprint density at radius 3 is 2.62 bits per heavy atom. The molecule has 1 aromatic carbocycles. The summed E-state index contributed by atoms with van der Waals surface area (Å²) in [4.78, 5) is 12.4. The van der Waals surface area contributed by atoms with Crippen LogP contribution in [0.5, 0.6) is 0 Å². The van der Waals surface area contributed by atoms with Crippen molar-refractivity contribution in [2.45, 2.75) is 13.5 Å². The molecule has 0 radical (unpaired) electrons. The number of aryl methyl sites for hydroxylation is 1. The standard InChI is InChI=1S/C13H12O2S/c1-10-7-8-16-12(10)13(14)15-9-11-5-3-2-4-6-11/h2-8H,9H2,1H3. The number of ether oxygens (including phenoxy) is 1. The molecule has 0 aliphatic rings. The van der Waals surface area contributed by atoms with E-state index >= 15 is 0 Å². The van der Waals surface area contributed by atoms with Gasteiger partial charge in [0.25, 0.3) is 0 Å². The van der Waals surface area contributed by atoms with E-state index in [1.807, 2.05) is 48.7 Å². The zero-order valence-corrected chi connectivity index (χ0v) is 9.79. The van der Waals surface area contributed by atoms with Crippen LogP contribution >= 0.6 is 11.3 Å². The SMILES string of the molecule is Cc1ccsc1C(=O)OCc1ccccc1. The zero-order valence-electron chi connectivity index (χ0n) is 8.97. The topological polar surface area (TPSA) is 26.3 Å². The Morgan fingerprint density at radius 2 is 2.00 bits per heavy atom. The molecule has 1 heterocycles. The Hall–Kier alpha value is -1.61. The van der Waals surface area contributed by atoms with Crippen LogP contribution in [0.15, 0.2) is 41.8 Å². The third-order valence-corrected chi connectivity index (χ3v) is 3.26. The zero-order chi connectivity index (χ0) is 11.4. The Kier molecular flexibility index (Phi) is 3.37. The van der Waals surface area contributed by atoms with Crippen molar-refractivity contribution in [2.75, 3.05) is 0 Å². The molecule has 0 spiro atoms. The molecular formula is C13H12O2S. The molecule has 0 bridgehead atoms. The lowest BCUT2D eigenvalue weighted by Gasteiger charge is -2.03. The highest BCUT2D eigenvalue weighted by atomic mass is 32.1. The van der Waals surface area contributed by atoms with Crippen LogP contribution in [0.25, 0.3) is 0 Å². The molecule has 0 atom stereocenters. The lowest BCUT2D eigenvalue weighted by molar-refractivity contribution is 0.0478. The fourth-order valence-electron chi connectivity index (χ4n) is 1.37. The second-order valence-corrected chi connectivity index (χ2v) is 4.41. The van der Waals surface area contributed by atoms with Gasteiger partial charge >= 0.3 is 5.97 Å². The van der Waals surface area contributed by atoms with Crippen molar-refractivity contribution in [3.63, 3.8) is 0 Å². The van der Waals surface area contributed by atoms with E-state index in [1.165, 1.54) is 11.3 Å². The summed E-state index contributed by atoms with van der Waals surface area (Å²) >= 11 is 1.42. The summed E-state index contributed by atoms with van der Waals surface area (Å²) in [5.74, 6) is -0.239. The van der Waals surface area contributed by atoms with Gasteiger partial charge in [-0.1, -0.05) is 30.3 Å². The predicted octanol–water partition coefficient (Wildman–Crippen LogP) is 3.41. The third-order valence-electron chi connectivity index (χ3n) is 2.26. The van der Waals surface area contributed by atoms with Gasteiger partial charge < -0.3 is 4.74 Å². The molecule has 0 saturated heterocycles. The minimum absolute atomic E-state index is 0.239. The highest BCUT2D eigenvalue weighted by Crippen LogP contribution is 2.17. The van der Waals surface area contributed by atoms with E-state index in [-0.39, 0.29) is 5.97 Å². The average molecular weight is 232 g/mol. The summed E-state index contributed by atoms with van der Waals surface area (Å²) < 4.78 is 5.22. The summed E-state index contributed by atoms with van der Waals surface area (Å²) in [7, 11) is 0. The average Bonchev–Trinajstić information content (AvgIpc) is 2.74. The maximum Gasteiger partial charge on any atom is 0.348 e. The van der Waals surface area contributed by atoms with E-state index < -0.39 is 0 Å². The normalized spacial score (nSPS) is 10.1. The smallest absolute Gasteiger partial charge is 0.348 e. The first-order valence-electron chi connectivity index (χ1n) is 5.02. The first kappa shape index (κ1) is 10.9. The van der Waals surface area contributed by atoms with Crippen molar-refractivity contribution in [2.24, 2.45) is 0 Å². The first-order chi connectivity index (χ1) is 7.77. The van der Waals surface area contributed by atoms with Crippen LogP contribution in [-0.2, 0) is 11.3 Å². The number of hydrogen-bond acceptors (Lipinski definition) is 3. The van der Waals surface area contributed by atoms with Crippen molar-refractivity contribution in [3.05, 3.63) is 57.8 Å². The molecule has 1 aromatic heterocycles. The van der Waals surface area contributed by atoms with Gasteiger partial charge in [0.2, 0.25) is 0 Å². The lowest BCUT2D eigenvalue weighted by atomic mass is 10.2. The van der Waals surface area contributed by atoms with Crippen LogP contribution in [0.1, 0.15) is 20.8 Å². The Labute approximate surface area is 98.5 Å². The Bertz CT molecular complexity index is 474. The monoisotopic (exact) mass is 232 g/mol. The molecule has 16 heavy (non-hydrogen) atoms. The number of thiophene rings is 1. The summed E-state index contributed by atoms with van der Waals surface area (Å²) in [6, 6.07) is 11.6. The van der Waals surface area contributed by atoms with Gasteiger partial charge in [-0.3, -0.25) is 0 Å². The van der Waals surface area contributed by atoms with E-state index in [1.54, 1.807) is 0 Å². The highest BCUT2D eigenvalue weighted by molar-refractivity contribution is 7.12. The number of rotatable bonds is 3. The van der Waals surface area contributed by atoms with E-state index in [9.17, 15) is 4.79 Å². The first-order valence-corrected chi connectivity index (χ1v) is 5.90. The quantitative estimate of drug-likeness (QED) is 0.758. The van der Waals surface area contributed by atoms with E-state index in [0.29, 0.717) is 11.5 Å². The largest absolute Gasteiger partial charge is 0.457 e. The van der Waals surface area contributed by atoms with Crippen molar-refractivity contribution in [1.82, 2.24) is 0 Å². The van der Waals surface area contributed by atoms with Gasteiger partial charge in [-0.2, -0.15) is 0 Å². The predicted molar refractivity (Wildman–Crippen MR) is 64.6 cm³/mol. The summed E-state index contributed by atoms with van der Waals surface area (Å²) in [5.41, 5.74) is 1.98. The third kappa shape index (κ3) is 2.49. The van der Waals surface area contributed by atoms with Gasteiger partial charge in [-0.15, -0.1) is 11.3 Å². The van der Waals surface area contributed by atoms with Crippen LogP contribution in [0, 0.1) is 6.92 Å². The minimum Gasteiger partial charge on any atom is -0.457 e.